The third-order valence-corrected chi connectivity index (χ3v) is 4.55. The normalized spacial score (nSPS) is 11.2. The molecule has 0 aliphatic rings. The van der Waals surface area contributed by atoms with E-state index in [2.05, 4.69) is 81.6 Å². The van der Waals surface area contributed by atoms with Crippen LogP contribution in [0.5, 0.6) is 0 Å². The summed E-state index contributed by atoms with van der Waals surface area (Å²) in [5.74, 6) is 0.335. The minimum Gasteiger partial charge on any atom is -0.310 e. The molecule has 25 heavy (non-hydrogen) atoms. The van der Waals surface area contributed by atoms with E-state index in [9.17, 15) is 0 Å². The minimum atomic E-state index is 0.335. The van der Waals surface area contributed by atoms with Gasteiger partial charge in [-0.15, -0.1) is 0 Å². The maximum Gasteiger partial charge on any atom is 0.136 e. The fourth-order valence-electron chi connectivity index (χ4n) is 3.26. The van der Waals surface area contributed by atoms with Crippen LogP contribution in [0.2, 0.25) is 0 Å². The molecule has 1 N–H and O–H groups in total. The third-order valence-electron chi connectivity index (χ3n) is 4.55. The van der Waals surface area contributed by atoms with Gasteiger partial charge >= 0.3 is 0 Å². The third kappa shape index (κ3) is 3.47. The molecule has 3 heteroatoms. The number of imidazole rings is 1. The molecular formula is C22H21N3. The van der Waals surface area contributed by atoms with Gasteiger partial charge in [-0.25, -0.2) is 4.98 Å². The molecule has 2 aromatic heterocycles. The van der Waals surface area contributed by atoms with Gasteiger partial charge in [0.1, 0.15) is 5.65 Å². The van der Waals surface area contributed by atoms with Gasteiger partial charge in [0.25, 0.3) is 0 Å². The van der Waals surface area contributed by atoms with Crippen LogP contribution in [-0.2, 0) is 6.54 Å². The molecule has 0 amide bonds. The molecule has 0 unspecified atom stereocenters. The summed E-state index contributed by atoms with van der Waals surface area (Å²) in [5, 5.41) is 3.62. The molecule has 2 heterocycles. The van der Waals surface area contributed by atoms with E-state index in [4.69, 9.17) is 0 Å². The highest BCUT2D eigenvalue weighted by atomic mass is 15.0. The van der Waals surface area contributed by atoms with Gasteiger partial charge < -0.3 is 9.72 Å². The van der Waals surface area contributed by atoms with Crippen molar-refractivity contribution in [2.45, 2.75) is 12.5 Å². The Hall–Kier alpha value is -2.91. The van der Waals surface area contributed by atoms with E-state index in [1.165, 1.54) is 16.8 Å². The molecule has 124 valence electrons. The first-order chi connectivity index (χ1) is 12.4. The number of pyridine rings is 1. The van der Waals surface area contributed by atoms with Crippen molar-refractivity contribution >= 4 is 5.65 Å². The highest BCUT2D eigenvalue weighted by Gasteiger charge is 2.13. The number of rotatable bonds is 6. The second kappa shape index (κ2) is 7.32. The molecule has 2 aromatic carbocycles. The van der Waals surface area contributed by atoms with E-state index in [1.54, 1.807) is 0 Å². The van der Waals surface area contributed by atoms with Crippen LogP contribution >= 0.6 is 0 Å². The molecule has 0 radical (unpaired) electrons. The van der Waals surface area contributed by atoms with Crippen molar-refractivity contribution in [1.82, 2.24) is 14.7 Å². The summed E-state index contributed by atoms with van der Waals surface area (Å²) in [4.78, 5) is 4.46. The summed E-state index contributed by atoms with van der Waals surface area (Å²) in [5.41, 5.74) is 4.83. The number of nitrogens with zero attached hydrogens (tertiary/aromatic N) is 2. The maximum atomic E-state index is 4.46. The zero-order valence-corrected chi connectivity index (χ0v) is 14.0. The lowest BCUT2D eigenvalue weighted by molar-refractivity contribution is 0.625. The number of benzene rings is 2. The average Bonchev–Trinajstić information content (AvgIpc) is 3.10. The van der Waals surface area contributed by atoms with E-state index >= 15 is 0 Å². The maximum absolute atomic E-state index is 4.46. The first-order valence-electron chi connectivity index (χ1n) is 8.63. The van der Waals surface area contributed by atoms with Gasteiger partial charge in [0.15, 0.2) is 0 Å². The van der Waals surface area contributed by atoms with Crippen molar-refractivity contribution in [1.29, 1.82) is 0 Å². The molecule has 4 aromatic rings. The number of aromatic nitrogens is 2. The van der Waals surface area contributed by atoms with Crippen LogP contribution in [0, 0.1) is 0 Å². The van der Waals surface area contributed by atoms with E-state index in [1.807, 2.05) is 24.4 Å². The number of hydrogen-bond acceptors (Lipinski definition) is 2. The van der Waals surface area contributed by atoms with Crippen LogP contribution in [0.1, 0.15) is 22.7 Å². The Bertz CT molecular complexity index is 890. The number of nitrogens with one attached hydrogen (secondary N) is 1. The Morgan fingerprint density at radius 1 is 0.800 bits per heavy atom. The first kappa shape index (κ1) is 15.6. The van der Waals surface area contributed by atoms with Gasteiger partial charge in [-0.2, -0.15) is 0 Å². The van der Waals surface area contributed by atoms with Crippen LogP contribution < -0.4 is 5.32 Å². The highest BCUT2D eigenvalue weighted by molar-refractivity contribution is 5.39. The van der Waals surface area contributed by atoms with Gasteiger partial charge in [0, 0.05) is 25.2 Å². The van der Waals surface area contributed by atoms with Crippen molar-refractivity contribution in [3.8, 4) is 0 Å². The largest absolute Gasteiger partial charge is 0.310 e. The lowest BCUT2D eigenvalue weighted by Crippen LogP contribution is -2.22. The molecule has 0 spiro atoms. The van der Waals surface area contributed by atoms with E-state index in [0.29, 0.717) is 5.92 Å². The Morgan fingerprint density at radius 2 is 1.44 bits per heavy atom. The van der Waals surface area contributed by atoms with Crippen molar-refractivity contribution in [2.75, 3.05) is 6.54 Å². The zero-order valence-electron chi connectivity index (χ0n) is 14.0. The molecule has 0 atom stereocenters. The van der Waals surface area contributed by atoms with E-state index < -0.39 is 0 Å². The standard InChI is InChI=1S/C22H21N3/c1-3-9-18(10-4-1)21(19-11-5-2-6-12-19)17-23-15-20-16-24-22-13-7-8-14-25(20)22/h1-14,16,21,23H,15,17H2. The Morgan fingerprint density at radius 3 is 2.12 bits per heavy atom. The van der Waals surface area contributed by atoms with E-state index in [0.717, 1.165) is 18.7 Å². The SMILES string of the molecule is c1ccc(C(CNCc2cnc3ccccn23)c2ccccc2)cc1. The van der Waals surface area contributed by atoms with Crippen LogP contribution in [0.3, 0.4) is 0 Å². The smallest absolute Gasteiger partial charge is 0.136 e. The van der Waals surface area contributed by atoms with Crippen molar-refractivity contribution < 1.29 is 0 Å². The zero-order chi connectivity index (χ0) is 16.9. The molecule has 0 saturated carbocycles. The molecular weight excluding hydrogens is 306 g/mol. The van der Waals surface area contributed by atoms with Crippen LogP contribution in [-0.4, -0.2) is 15.9 Å². The van der Waals surface area contributed by atoms with E-state index in [-0.39, 0.29) is 0 Å². The molecule has 3 nitrogen and oxygen atoms in total. The highest BCUT2D eigenvalue weighted by Crippen LogP contribution is 2.23. The van der Waals surface area contributed by atoms with Gasteiger partial charge in [-0.05, 0) is 23.3 Å². The van der Waals surface area contributed by atoms with Gasteiger partial charge in [-0.3, -0.25) is 0 Å². The van der Waals surface area contributed by atoms with Crippen molar-refractivity contribution in [3.05, 3.63) is 108 Å². The number of fused-ring (bicyclic) bond motifs is 1. The van der Waals surface area contributed by atoms with Crippen LogP contribution in [0.4, 0.5) is 0 Å². The molecule has 0 aliphatic carbocycles. The number of hydrogen-bond donors (Lipinski definition) is 1. The summed E-state index contributed by atoms with van der Waals surface area (Å²) in [6, 6.07) is 27.4. The Labute approximate surface area is 148 Å². The molecule has 0 aliphatic heterocycles. The summed E-state index contributed by atoms with van der Waals surface area (Å²) in [6.07, 6.45) is 4.01. The van der Waals surface area contributed by atoms with Crippen LogP contribution in [0.25, 0.3) is 5.65 Å². The quantitative estimate of drug-likeness (QED) is 0.573. The topological polar surface area (TPSA) is 29.3 Å². The second-order valence-corrected chi connectivity index (χ2v) is 6.18. The predicted octanol–water partition coefficient (Wildman–Crippen LogP) is 4.26. The van der Waals surface area contributed by atoms with Crippen molar-refractivity contribution in [3.63, 3.8) is 0 Å². The first-order valence-corrected chi connectivity index (χ1v) is 8.63. The van der Waals surface area contributed by atoms with Gasteiger partial charge in [0.05, 0.1) is 11.9 Å². The monoisotopic (exact) mass is 327 g/mol. The average molecular weight is 327 g/mol. The van der Waals surface area contributed by atoms with Gasteiger partial charge in [0.2, 0.25) is 0 Å². The van der Waals surface area contributed by atoms with Crippen LogP contribution in [0.15, 0.2) is 91.3 Å². The summed E-state index contributed by atoms with van der Waals surface area (Å²) in [7, 11) is 0. The minimum absolute atomic E-state index is 0.335. The molecule has 0 saturated heterocycles. The van der Waals surface area contributed by atoms with Crippen molar-refractivity contribution in [2.24, 2.45) is 0 Å². The predicted molar refractivity (Wildman–Crippen MR) is 102 cm³/mol. The fraction of sp³-hybridized carbons (Fsp3) is 0.136. The molecule has 0 bridgehead atoms. The second-order valence-electron chi connectivity index (χ2n) is 6.18. The summed E-state index contributed by atoms with van der Waals surface area (Å²) in [6.45, 7) is 1.68. The Balaban J connectivity index is 1.51. The summed E-state index contributed by atoms with van der Waals surface area (Å²) >= 11 is 0. The molecule has 4 rings (SSSR count). The fourth-order valence-corrected chi connectivity index (χ4v) is 3.26. The lowest BCUT2D eigenvalue weighted by Gasteiger charge is -2.19. The lowest BCUT2D eigenvalue weighted by atomic mass is 9.91. The van der Waals surface area contributed by atoms with Gasteiger partial charge in [-0.1, -0.05) is 66.7 Å². The Kier molecular flexibility index (Phi) is 4.57. The summed E-state index contributed by atoms with van der Waals surface area (Å²) < 4.78 is 2.13. The molecule has 0 fully saturated rings.